The van der Waals surface area contributed by atoms with Gasteiger partial charge in [0.25, 0.3) is 17.3 Å². The number of carbonyl (C=O) groups excluding carboxylic acids is 1. The summed E-state index contributed by atoms with van der Waals surface area (Å²) in [5, 5.41) is 24.6. The molecule has 1 amide bonds. The van der Waals surface area contributed by atoms with E-state index in [1.54, 1.807) is 42.5 Å². The standard InChI is InChI=1S/C19H13N3O5/c23-19(14-4-2-1-3-5-14)20-17-12-15(8-11-18(17)22(26)27)13-6-9-16(10-7-13)21(24)25/h1-12H,(H,20,23). The third-order valence-electron chi connectivity index (χ3n) is 3.89. The summed E-state index contributed by atoms with van der Waals surface area (Å²) in [7, 11) is 0. The van der Waals surface area contributed by atoms with Crippen LogP contribution < -0.4 is 5.32 Å². The van der Waals surface area contributed by atoms with Crippen LogP contribution in [0.1, 0.15) is 10.4 Å². The SMILES string of the molecule is O=C(Nc1cc(-c2ccc([N+](=O)[O-])cc2)ccc1[N+](=O)[O-])c1ccccc1. The lowest BCUT2D eigenvalue weighted by atomic mass is 10.0. The van der Waals surface area contributed by atoms with Crippen molar-refractivity contribution in [1.82, 2.24) is 0 Å². The van der Waals surface area contributed by atoms with Crippen molar-refractivity contribution in [3.8, 4) is 11.1 Å². The first-order chi connectivity index (χ1) is 13.0. The molecular formula is C19H13N3O5. The molecule has 0 fully saturated rings. The molecule has 134 valence electrons. The van der Waals surface area contributed by atoms with Gasteiger partial charge in [-0.1, -0.05) is 18.2 Å². The Hall–Kier alpha value is -4.07. The molecule has 3 aromatic rings. The van der Waals surface area contributed by atoms with Gasteiger partial charge in [0.1, 0.15) is 5.69 Å². The number of nitrogens with one attached hydrogen (secondary N) is 1. The number of amides is 1. The molecule has 0 saturated heterocycles. The number of carbonyl (C=O) groups is 1. The predicted octanol–water partition coefficient (Wildman–Crippen LogP) is 4.42. The third kappa shape index (κ3) is 3.96. The second-order valence-corrected chi connectivity index (χ2v) is 5.61. The predicted molar refractivity (Wildman–Crippen MR) is 99.6 cm³/mol. The fourth-order valence-electron chi connectivity index (χ4n) is 2.53. The third-order valence-corrected chi connectivity index (χ3v) is 3.89. The molecule has 0 heterocycles. The van der Waals surface area contributed by atoms with Gasteiger partial charge >= 0.3 is 0 Å². The Labute approximate surface area is 153 Å². The Balaban J connectivity index is 1.96. The average molecular weight is 363 g/mol. The molecule has 0 aliphatic carbocycles. The monoisotopic (exact) mass is 363 g/mol. The minimum absolute atomic E-state index is 0.0460. The van der Waals surface area contributed by atoms with Gasteiger partial charge in [-0.3, -0.25) is 25.0 Å². The van der Waals surface area contributed by atoms with Crippen LogP contribution in [0.2, 0.25) is 0 Å². The van der Waals surface area contributed by atoms with E-state index in [1.807, 2.05) is 0 Å². The largest absolute Gasteiger partial charge is 0.316 e. The zero-order chi connectivity index (χ0) is 19.4. The van der Waals surface area contributed by atoms with E-state index in [0.717, 1.165) is 0 Å². The molecule has 0 saturated carbocycles. The molecule has 0 spiro atoms. The van der Waals surface area contributed by atoms with Crippen LogP contribution in [0.3, 0.4) is 0 Å². The number of nitro benzene ring substituents is 2. The van der Waals surface area contributed by atoms with Gasteiger partial charge in [0, 0.05) is 23.8 Å². The number of non-ortho nitro benzene ring substituents is 1. The highest BCUT2D eigenvalue weighted by atomic mass is 16.6. The van der Waals surface area contributed by atoms with Crippen LogP contribution in [0.25, 0.3) is 11.1 Å². The summed E-state index contributed by atoms with van der Waals surface area (Å²) in [5.74, 6) is -0.473. The van der Waals surface area contributed by atoms with Crippen LogP contribution in [0.4, 0.5) is 17.1 Å². The van der Waals surface area contributed by atoms with E-state index in [9.17, 15) is 25.0 Å². The highest BCUT2D eigenvalue weighted by Crippen LogP contribution is 2.31. The molecule has 8 heteroatoms. The maximum absolute atomic E-state index is 12.3. The van der Waals surface area contributed by atoms with Gasteiger partial charge in [-0.2, -0.15) is 0 Å². The van der Waals surface area contributed by atoms with Gasteiger partial charge in [-0.05, 0) is 47.5 Å². The Morgan fingerprint density at radius 2 is 1.41 bits per heavy atom. The maximum Gasteiger partial charge on any atom is 0.292 e. The molecule has 0 aromatic heterocycles. The number of nitro groups is 2. The summed E-state index contributed by atoms with van der Waals surface area (Å²) in [5.41, 5.74) is 1.32. The van der Waals surface area contributed by atoms with Crippen molar-refractivity contribution in [2.75, 3.05) is 5.32 Å². The van der Waals surface area contributed by atoms with E-state index in [0.29, 0.717) is 16.7 Å². The van der Waals surface area contributed by atoms with Gasteiger partial charge in [-0.25, -0.2) is 0 Å². The highest BCUT2D eigenvalue weighted by molar-refractivity contribution is 6.05. The summed E-state index contributed by atoms with van der Waals surface area (Å²) in [4.78, 5) is 33.3. The van der Waals surface area contributed by atoms with Crippen molar-refractivity contribution in [3.05, 3.63) is 98.6 Å². The number of hydrogen-bond donors (Lipinski definition) is 1. The molecule has 27 heavy (non-hydrogen) atoms. The molecule has 0 aliphatic rings. The second kappa shape index (κ2) is 7.44. The summed E-state index contributed by atoms with van der Waals surface area (Å²) >= 11 is 0. The molecule has 0 atom stereocenters. The van der Waals surface area contributed by atoms with E-state index in [-0.39, 0.29) is 17.1 Å². The van der Waals surface area contributed by atoms with Crippen LogP contribution in [0.15, 0.2) is 72.8 Å². The first kappa shape index (κ1) is 17.7. The van der Waals surface area contributed by atoms with Crippen LogP contribution >= 0.6 is 0 Å². The summed E-state index contributed by atoms with van der Waals surface area (Å²) in [6, 6.07) is 18.4. The molecule has 0 aliphatic heterocycles. The quantitative estimate of drug-likeness (QED) is 0.532. The van der Waals surface area contributed by atoms with E-state index in [1.165, 1.54) is 30.3 Å². The number of hydrogen-bond acceptors (Lipinski definition) is 5. The van der Waals surface area contributed by atoms with Crippen molar-refractivity contribution >= 4 is 23.0 Å². The van der Waals surface area contributed by atoms with Crippen LogP contribution in [-0.2, 0) is 0 Å². The summed E-state index contributed by atoms with van der Waals surface area (Å²) < 4.78 is 0. The van der Waals surface area contributed by atoms with Gasteiger partial charge in [-0.15, -0.1) is 0 Å². The van der Waals surface area contributed by atoms with Crippen molar-refractivity contribution in [1.29, 1.82) is 0 Å². The second-order valence-electron chi connectivity index (χ2n) is 5.61. The zero-order valence-corrected chi connectivity index (χ0v) is 13.9. The van der Waals surface area contributed by atoms with E-state index < -0.39 is 15.8 Å². The minimum Gasteiger partial charge on any atom is -0.316 e. The summed E-state index contributed by atoms with van der Waals surface area (Å²) in [6.07, 6.45) is 0. The molecule has 8 nitrogen and oxygen atoms in total. The average Bonchev–Trinajstić information content (AvgIpc) is 2.68. The number of benzene rings is 3. The van der Waals surface area contributed by atoms with Crippen molar-refractivity contribution < 1.29 is 14.6 Å². The van der Waals surface area contributed by atoms with Crippen LogP contribution in [0.5, 0.6) is 0 Å². The molecular weight excluding hydrogens is 350 g/mol. The Morgan fingerprint density at radius 3 is 2.00 bits per heavy atom. The zero-order valence-electron chi connectivity index (χ0n) is 13.9. The van der Waals surface area contributed by atoms with Crippen molar-refractivity contribution in [2.45, 2.75) is 0 Å². The van der Waals surface area contributed by atoms with Gasteiger partial charge in [0.2, 0.25) is 0 Å². The number of rotatable bonds is 5. The maximum atomic E-state index is 12.3. The topological polar surface area (TPSA) is 115 Å². The lowest BCUT2D eigenvalue weighted by molar-refractivity contribution is -0.384. The number of nitrogens with zero attached hydrogens (tertiary/aromatic N) is 2. The van der Waals surface area contributed by atoms with Crippen molar-refractivity contribution in [2.24, 2.45) is 0 Å². The normalized spacial score (nSPS) is 10.2. The minimum atomic E-state index is -0.583. The Kier molecular flexibility index (Phi) is 4.89. The van der Waals surface area contributed by atoms with Gasteiger partial charge in [0.15, 0.2) is 0 Å². The number of anilines is 1. The van der Waals surface area contributed by atoms with Crippen LogP contribution in [-0.4, -0.2) is 15.8 Å². The molecule has 0 unspecified atom stereocenters. The smallest absolute Gasteiger partial charge is 0.292 e. The lowest BCUT2D eigenvalue weighted by Crippen LogP contribution is -2.13. The summed E-state index contributed by atoms with van der Waals surface area (Å²) in [6.45, 7) is 0. The fraction of sp³-hybridized carbons (Fsp3) is 0. The Morgan fingerprint density at radius 1 is 0.778 bits per heavy atom. The highest BCUT2D eigenvalue weighted by Gasteiger charge is 2.18. The van der Waals surface area contributed by atoms with E-state index in [2.05, 4.69) is 5.32 Å². The molecule has 3 rings (SSSR count). The molecule has 3 aromatic carbocycles. The van der Waals surface area contributed by atoms with E-state index in [4.69, 9.17) is 0 Å². The van der Waals surface area contributed by atoms with Crippen LogP contribution in [0, 0.1) is 20.2 Å². The van der Waals surface area contributed by atoms with E-state index >= 15 is 0 Å². The first-order valence-corrected chi connectivity index (χ1v) is 7.85. The lowest BCUT2D eigenvalue weighted by Gasteiger charge is -2.09. The first-order valence-electron chi connectivity index (χ1n) is 7.85. The molecule has 1 N–H and O–H groups in total. The van der Waals surface area contributed by atoms with Crippen molar-refractivity contribution in [3.63, 3.8) is 0 Å². The molecule has 0 radical (unpaired) electrons. The molecule has 0 bridgehead atoms. The van der Waals surface area contributed by atoms with Gasteiger partial charge in [0.05, 0.1) is 9.85 Å². The fourth-order valence-corrected chi connectivity index (χ4v) is 2.53. The Bertz CT molecular complexity index is 1020. The van der Waals surface area contributed by atoms with Gasteiger partial charge < -0.3 is 5.32 Å².